The molecule has 0 bridgehead atoms. The van der Waals surface area contributed by atoms with Gasteiger partial charge >= 0.3 is 0 Å². The molecule has 0 aliphatic carbocycles. The summed E-state index contributed by atoms with van der Waals surface area (Å²) in [5, 5.41) is 3.38. The lowest BCUT2D eigenvalue weighted by molar-refractivity contribution is -0.148. The Bertz CT molecular complexity index is 458. The Morgan fingerprint density at radius 1 is 1.32 bits per heavy atom. The minimum atomic E-state index is -0.257. The highest BCUT2D eigenvalue weighted by atomic mass is 16.2. The zero-order chi connectivity index (χ0) is 13.8. The lowest BCUT2D eigenvalue weighted by atomic mass is 9.99. The van der Waals surface area contributed by atoms with Crippen molar-refractivity contribution >= 4 is 11.8 Å². The fraction of sp³-hybridized carbons (Fsp3) is 0.467. The maximum atomic E-state index is 12.1. The number of imide groups is 1. The molecule has 0 radical (unpaired) electrons. The molecule has 4 heteroatoms. The normalized spacial score (nSPS) is 21.6. The Balaban J connectivity index is 2.07. The third-order valence-corrected chi connectivity index (χ3v) is 3.66. The second kappa shape index (κ2) is 5.97. The van der Waals surface area contributed by atoms with E-state index in [2.05, 4.69) is 24.4 Å². The van der Waals surface area contributed by atoms with Crippen molar-refractivity contribution < 1.29 is 9.59 Å². The van der Waals surface area contributed by atoms with Crippen LogP contribution in [0.3, 0.4) is 0 Å². The van der Waals surface area contributed by atoms with Crippen LogP contribution in [0.2, 0.25) is 0 Å². The van der Waals surface area contributed by atoms with Gasteiger partial charge in [-0.25, -0.2) is 0 Å². The van der Waals surface area contributed by atoms with Crippen LogP contribution in [0.4, 0.5) is 0 Å². The van der Waals surface area contributed by atoms with Gasteiger partial charge in [-0.3, -0.25) is 19.8 Å². The largest absolute Gasteiger partial charge is 0.299 e. The van der Waals surface area contributed by atoms with Gasteiger partial charge in [0.15, 0.2) is 0 Å². The summed E-state index contributed by atoms with van der Waals surface area (Å²) in [7, 11) is 1.56. The number of likely N-dealkylation sites (N-methyl/N-ethyl adjacent to an activating group) is 1. The Hall–Kier alpha value is -1.68. The van der Waals surface area contributed by atoms with Crippen LogP contribution in [0, 0.1) is 0 Å². The lowest BCUT2D eigenvalue weighted by Gasteiger charge is -2.31. The molecule has 1 aromatic carbocycles. The molecule has 0 spiro atoms. The van der Waals surface area contributed by atoms with E-state index in [4.69, 9.17) is 0 Å². The lowest BCUT2D eigenvalue weighted by Crippen LogP contribution is -2.52. The highest BCUT2D eigenvalue weighted by molar-refractivity contribution is 6.00. The molecular formula is C15H20N2O2. The molecular weight excluding hydrogens is 240 g/mol. The quantitative estimate of drug-likeness (QED) is 0.841. The maximum absolute atomic E-state index is 12.1. The van der Waals surface area contributed by atoms with E-state index >= 15 is 0 Å². The van der Waals surface area contributed by atoms with Crippen molar-refractivity contribution in [3.8, 4) is 0 Å². The molecule has 2 rings (SSSR count). The average molecular weight is 260 g/mol. The molecule has 1 aliphatic heterocycles. The monoisotopic (exact) mass is 260 g/mol. The molecule has 1 saturated heterocycles. The maximum Gasteiger partial charge on any atom is 0.246 e. The zero-order valence-corrected chi connectivity index (χ0v) is 11.4. The Morgan fingerprint density at radius 3 is 2.63 bits per heavy atom. The number of nitrogens with zero attached hydrogens (tertiary/aromatic N) is 1. The van der Waals surface area contributed by atoms with Gasteiger partial charge in [0.05, 0.1) is 6.04 Å². The van der Waals surface area contributed by atoms with Gasteiger partial charge in [-0.15, -0.1) is 0 Å². The number of likely N-dealkylation sites (tertiary alicyclic amines) is 1. The fourth-order valence-corrected chi connectivity index (χ4v) is 2.45. The SMILES string of the molecule is CCC(NC1CCC(=O)N(C)C1=O)c1ccccc1. The van der Waals surface area contributed by atoms with E-state index in [0.717, 1.165) is 6.42 Å². The van der Waals surface area contributed by atoms with E-state index in [1.807, 2.05) is 18.2 Å². The predicted molar refractivity (Wildman–Crippen MR) is 73.4 cm³/mol. The summed E-state index contributed by atoms with van der Waals surface area (Å²) in [5.74, 6) is -0.207. The van der Waals surface area contributed by atoms with Crippen LogP contribution in [-0.2, 0) is 9.59 Å². The van der Waals surface area contributed by atoms with Crippen molar-refractivity contribution in [1.29, 1.82) is 0 Å². The predicted octanol–water partition coefficient (Wildman–Crippen LogP) is 1.87. The van der Waals surface area contributed by atoms with Gasteiger partial charge in [-0.1, -0.05) is 37.3 Å². The minimum absolute atomic E-state index is 0.0872. The Kier molecular flexibility index (Phi) is 4.32. The van der Waals surface area contributed by atoms with E-state index in [0.29, 0.717) is 12.8 Å². The van der Waals surface area contributed by atoms with Crippen molar-refractivity contribution in [2.24, 2.45) is 0 Å². The van der Waals surface area contributed by atoms with Crippen molar-refractivity contribution in [3.63, 3.8) is 0 Å². The summed E-state index contributed by atoms with van der Waals surface area (Å²) in [6.07, 6.45) is 1.93. The van der Waals surface area contributed by atoms with Gasteiger partial charge in [0, 0.05) is 19.5 Å². The van der Waals surface area contributed by atoms with E-state index in [-0.39, 0.29) is 23.9 Å². The van der Waals surface area contributed by atoms with E-state index in [1.54, 1.807) is 7.05 Å². The summed E-state index contributed by atoms with van der Waals surface area (Å²) in [4.78, 5) is 24.7. The molecule has 2 unspecified atom stereocenters. The van der Waals surface area contributed by atoms with Gasteiger partial charge in [0.2, 0.25) is 11.8 Å². The Morgan fingerprint density at radius 2 is 2.00 bits per heavy atom. The zero-order valence-electron chi connectivity index (χ0n) is 11.4. The number of piperidine rings is 1. The second-order valence-corrected chi connectivity index (χ2v) is 4.92. The van der Waals surface area contributed by atoms with Gasteiger partial charge in [-0.2, -0.15) is 0 Å². The van der Waals surface area contributed by atoms with Gasteiger partial charge in [0.1, 0.15) is 0 Å². The molecule has 102 valence electrons. The first kappa shape index (κ1) is 13.7. The van der Waals surface area contributed by atoms with E-state index in [9.17, 15) is 9.59 Å². The first-order valence-electron chi connectivity index (χ1n) is 6.75. The topological polar surface area (TPSA) is 49.4 Å². The molecule has 0 aromatic heterocycles. The van der Waals surface area contributed by atoms with Gasteiger partial charge in [-0.05, 0) is 18.4 Å². The minimum Gasteiger partial charge on any atom is -0.299 e. The number of nitrogens with one attached hydrogen (secondary N) is 1. The summed E-state index contributed by atoms with van der Waals surface area (Å²) in [6, 6.07) is 9.99. The van der Waals surface area contributed by atoms with Crippen molar-refractivity contribution in [3.05, 3.63) is 35.9 Å². The van der Waals surface area contributed by atoms with Crippen LogP contribution in [0.5, 0.6) is 0 Å². The molecule has 1 heterocycles. The number of carbonyl (C=O) groups excluding carboxylic acids is 2. The third kappa shape index (κ3) is 3.01. The third-order valence-electron chi connectivity index (χ3n) is 3.66. The van der Waals surface area contributed by atoms with Crippen molar-refractivity contribution in [2.45, 2.75) is 38.3 Å². The van der Waals surface area contributed by atoms with Crippen molar-refractivity contribution in [2.75, 3.05) is 7.05 Å². The van der Waals surface area contributed by atoms with Gasteiger partial charge in [0.25, 0.3) is 0 Å². The number of benzene rings is 1. The van der Waals surface area contributed by atoms with Crippen LogP contribution in [0.1, 0.15) is 37.8 Å². The van der Waals surface area contributed by atoms with Crippen LogP contribution in [0.15, 0.2) is 30.3 Å². The molecule has 1 aliphatic rings. The number of rotatable bonds is 4. The number of hydrogen-bond donors (Lipinski definition) is 1. The highest BCUT2D eigenvalue weighted by Gasteiger charge is 2.32. The summed E-state index contributed by atoms with van der Waals surface area (Å²) < 4.78 is 0. The van der Waals surface area contributed by atoms with Crippen LogP contribution in [0.25, 0.3) is 0 Å². The highest BCUT2D eigenvalue weighted by Crippen LogP contribution is 2.20. The smallest absolute Gasteiger partial charge is 0.246 e. The summed E-state index contributed by atoms with van der Waals surface area (Å²) in [5.41, 5.74) is 1.18. The first-order chi connectivity index (χ1) is 9.13. The average Bonchev–Trinajstić information content (AvgIpc) is 2.45. The molecule has 1 fully saturated rings. The molecule has 19 heavy (non-hydrogen) atoms. The molecule has 1 N–H and O–H groups in total. The second-order valence-electron chi connectivity index (χ2n) is 4.92. The summed E-state index contributed by atoms with van der Waals surface area (Å²) in [6.45, 7) is 2.09. The van der Waals surface area contributed by atoms with Crippen LogP contribution in [-0.4, -0.2) is 29.8 Å². The van der Waals surface area contributed by atoms with Crippen LogP contribution < -0.4 is 5.32 Å². The number of carbonyl (C=O) groups is 2. The number of hydrogen-bond acceptors (Lipinski definition) is 3. The molecule has 4 nitrogen and oxygen atoms in total. The van der Waals surface area contributed by atoms with E-state index < -0.39 is 0 Å². The van der Waals surface area contributed by atoms with Gasteiger partial charge < -0.3 is 0 Å². The first-order valence-corrected chi connectivity index (χ1v) is 6.75. The molecule has 1 aromatic rings. The molecule has 0 saturated carbocycles. The van der Waals surface area contributed by atoms with E-state index in [1.165, 1.54) is 10.5 Å². The summed E-state index contributed by atoms with van der Waals surface area (Å²) >= 11 is 0. The van der Waals surface area contributed by atoms with Crippen LogP contribution >= 0.6 is 0 Å². The molecule has 2 atom stereocenters. The fourth-order valence-electron chi connectivity index (χ4n) is 2.45. The molecule has 2 amide bonds. The Labute approximate surface area is 113 Å². The van der Waals surface area contributed by atoms with Crippen molar-refractivity contribution in [1.82, 2.24) is 10.2 Å². The number of amides is 2. The standard InChI is InChI=1S/C15H20N2O2/c1-3-12(11-7-5-4-6-8-11)16-13-9-10-14(18)17(2)15(13)19/h4-8,12-13,16H,3,9-10H2,1-2H3.